The fourth-order valence-corrected chi connectivity index (χ4v) is 1.61. The third-order valence-corrected chi connectivity index (χ3v) is 2.49. The molecule has 1 atom stereocenters. The summed E-state index contributed by atoms with van der Waals surface area (Å²) >= 11 is 5.96. The highest BCUT2D eigenvalue weighted by Crippen LogP contribution is 2.23. The Balaban J connectivity index is 0.00000196. The molecule has 0 aliphatic rings. The molecule has 0 radical (unpaired) electrons. The second kappa shape index (κ2) is 7.88. The van der Waals surface area contributed by atoms with E-state index in [0.717, 1.165) is 31.4 Å². The maximum atomic E-state index is 5.98. The van der Waals surface area contributed by atoms with Crippen molar-refractivity contribution in [1.29, 1.82) is 0 Å². The van der Waals surface area contributed by atoms with Gasteiger partial charge in [-0.25, -0.2) is 0 Å². The Hall–Kier alpha value is -0.350. The molecule has 1 aromatic heterocycles. The molecule has 0 bridgehead atoms. The van der Waals surface area contributed by atoms with Gasteiger partial charge < -0.3 is 11.5 Å². The van der Waals surface area contributed by atoms with Crippen LogP contribution in [0.3, 0.4) is 0 Å². The van der Waals surface area contributed by atoms with Crippen molar-refractivity contribution in [3.63, 3.8) is 0 Å². The Bertz CT molecular complexity index is 281. The second-order valence-corrected chi connectivity index (χ2v) is 3.70. The van der Waals surface area contributed by atoms with Gasteiger partial charge >= 0.3 is 0 Å². The Morgan fingerprint density at radius 2 is 2.13 bits per heavy atom. The van der Waals surface area contributed by atoms with E-state index in [4.69, 9.17) is 23.1 Å². The lowest BCUT2D eigenvalue weighted by Crippen LogP contribution is -2.11. The molecule has 0 aliphatic heterocycles. The molecule has 1 rings (SSSR count). The van der Waals surface area contributed by atoms with Crippen LogP contribution in [0.2, 0.25) is 5.02 Å². The molecule has 15 heavy (non-hydrogen) atoms. The highest BCUT2D eigenvalue weighted by molar-refractivity contribution is 6.31. The predicted molar refractivity (Wildman–Crippen MR) is 66.3 cm³/mol. The Kier molecular flexibility index (Phi) is 7.70. The molecule has 0 saturated carbocycles. The first-order chi connectivity index (χ1) is 6.75. The van der Waals surface area contributed by atoms with Crippen LogP contribution < -0.4 is 11.5 Å². The van der Waals surface area contributed by atoms with Gasteiger partial charge in [0.05, 0.1) is 5.02 Å². The number of hydrogen-bond donors (Lipinski definition) is 2. The van der Waals surface area contributed by atoms with Gasteiger partial charge in [0.25, 0.3) is 0 Å². The van der Waals surface area contributed by atoms with Crippen LogP contribution in [0.25, 0.3) is 0 Å². The second-order valence-electron chi connectivity index (χ2n) is 3.29. The summed E-state index contributed by atoms with van der Waals surface area (Å²) in [5, 5.41) is 0.646. The fourth-order valence-electron chi connectivity index (χ4n) is 1.35. The van der Waals surface area contributed by atoms with Crippen LogP contribution in [0.5, 0.6) is 0 Å². The average Bonchev–Trinajstić information content (AvgIpc) is 2.18. The molecule has 0 unspecified atom stereocenters. The number of hydrogen-bond acceptors (Lipinski definition) is 3. The van der Waals surface area contributed by atoms with Gasteiger partial charge in [-0.05, 0) is 31.0 Å². The zero-order chi connectivity index (χ0) is 10.4. The lowest BCUT2D eigenvalue weighted by atomic mass is 10.0. The normalized spacial score (nSPS) is 11.9. The van der Waals surface area contributed by atoms with Crippen LogP contribution in [0.15, 0.2) is 18.5 Å². The molecule has 0 fully saturated rings. The summed E-state index contributed by atoms with van der Waals surface area (Å²) in [5.74, 6) is 0. The van der Waals surface area contributed by atoms with Crippen LogP contribution in [0.4, 0.5) is 0 Å². The van der Waals surface area contributed by atoms with Crippen molar-refractivity contribution in [2.75, 3.05) is 6.54 Å². The fraction of sp³-hybridized carbons (Fsp3) is 0.500. The highest BCUT2D eigenvalue weighted by Gasteiger charge is 2.08. The van der Waals surface area contributed by atoms with Gasteiger partial charge in [0, 0.05) is 18.4 Å². The Morgan fingerprint density at radius 3 is 2.73 bits per heavy atom. The SMILES string of the molecule is Cl.NCCCC[C@@H](N)c1ccncc1Cl. The summed E-state index contributed by atoms with van der Waals surface area (Å²) in [4.78, 5) is 3.92. The quantitative estimate of drug-likeness (QED) is 0.788. The lowest BCUT2D eigenvalue weighted by Gasteiger charge is -2.12. The van der Waals surface area contributed by atoms with Crippen molar-refractivity contribution in [3.05, 3.63) is 29.0 Å². The van der Waals surface area contributed by atoms with E-state index in [1.165, 1.54) is 0 Å². The van der Waals surface area contributed by atoms with E-state index >= 15 is 0 Å². The molecule has 0 saturated heterocycles. The number of nitrogens with zero attached hydrogens (tertiary/aromatic N) is 1. The van der Waals surface area contributed by atoms with Gasteiger partial charge in [0.15, 0.2) is 0 Å². The van der Waals surface area contributed by atoms with Crippen LogP contribution in [0, 0.1) is 0 Å². The zero-order valence-corrected chi connectivity index (χ0v) is 10.1. The van der Waals surface area contributed by atoms with Gasteiger partial charge in [-0.1, -0.05) is 18.0 Å². The van der Waals surface area contributed by atoms with Gasteiger partial charge in [0.1, 0.15) is 0 Å². The zero-order valence-electron chi connectivity index (χ0n) is 8.53. The lowest BCUT2D eigenvalue weighted by molar-refractivity contribution is 0.590. The number of unbranched alkanes of at least 4 members (excludes halogenated alkanes) is 1. The van der Waals surface area contributed by atoms with Crippen LogP contribution in [-0.4, -0.2) is 11.5 Å². The monoisotopic (exact) mass is 249 g/mol. The molecule has 1 heterocycles. The van der Waals surface area contributed by atoms with Gasteiger partial charge in [-0.15, -0.1) is 12.4 Å². The minimum absolute atomic E-state index is 0. The van der Waals surface area contributed by atoms with Crippen molar-refractivity contribution < 1.29 is 0 Å². The number of pyridine rings is 1. The summed E-state index contributed by atoms with van der Waals surface area (Å²) in [6.45, 7) is 0.719. The maximum absolute atomic E-state index is 5.98. The summed E-state index contributed by atoms with van der Waals surface area (Å²) in [6, 6.07) is 1.87. The molecule has 0 spiro atoms. The molecular formula is C10H17Cl2N3. The molecular weight excluding hydrogens is 233 g/mol. The van der Waals surface area contributed by atoms with Crippen LogP contribution >= 0.6 is 24.0 Å². The standard InChI is InChI=1S/C10H16ClN3.ClH/c11-9-7-14-6-4-8(9)10(13)3-1-2-5-12;/h4,6-7,10H,1-3,5,12-13H2;1H/t10-;/m1./s1. The van der Waals surface area contributed by atoms with Crippen molar-refractivity contribution in [2.24, 2.45) is 11.5 Å². The van der Waals surface area contributed by atoms with E-state index < -0.39 is 0 Å². The number of aromatic nitrogens is 1. The van der Waals surface area contributed by atoms with Gasteiger partial charge in [0.2, 0.25) is 0 Å². The highest BCUT2D eigenvalue weighted by atomic mass is 35.5. The molecule has 5 heteroatoms. The van der Waals surface area contributed by atoms with Gasteiger partial charge in [-0.3, -0.25) is 4.98 Å². The minimum Gasteiger partial charge on any atom is -0.330 e. The first-order valence-corrected chi connectivity index (χ1v) is 5.18. The largest absolute Gasteiger partial charge is 0.330 e. The van der Waals surface area contributed by atoms with E-state index in [1.807, 2.05) is 6.07 Å². The molecule has 3 nitrogen and oxygen atoms in total. The van der Waals surface area contributed by atoms with Crippen LogP contribution in [0.1, 0.15) is 30.9 Å². The molecule has 4 N–H and O–H groups in total. The summed E-state index contributed by atoms with van der Waals surface area (Å²) < 4.78 is 0. The number of rotatable bonds is 5. The third kappa shape index (κ3) is 4.80. The molecule has 1 aromatic rings. The molecule has 0 aromatic carbocycles. The predicted octanol–water partition coefficient (Wildman–Crippen LogP) is 2.29. The topological polar surface area (TPSA) is 64.9 Å². The summed E-state index contributed by atoms with van der Waals surface area (Å²) in [7, 11) is 0. The summed E-state index contributed by atoms with van der Waals surface area (Å²) in [5.41, 5.74) is 12.4. The smallest absolute Gasteiger partial charge is 0.0637 e. The van der Waals surface area contributed by atoms with Crippen molar-refractivity contribution >= 4 is 24.0 Å². The molecule has 0 amide bonds. The molecule has 0 aliphatic carbocycles. The van der Waals surface area contributed by atoms with E-state index in [2.05, 4.69) is 4.98 Å². The van der Waals surface area contributed by atoms with E-state index in [1.54, 1.807) is 12.4 Å². The number of nitrogens with two attached hydrogens (primary N) is 2. The molecule has 86 valence electrons. The first-order valence-electron chi connectivity index (χ1n) is 4.80. The van der Waals surface area contributed by atoms with Crippen molar-refractivity contribution in [1.82, 2.24) is 4.98 Å². The first kappa shape index (κ1) is 14.6. The minimum atomic E-state index is -0.00273. The number of halogens is 2. The van der Waals surface area contributed by atoms with Crippen molar-refractivity contribution in [2.45, 2.75) is 25.3 Å². The third-order valence-electron chi connectivity index (χ3n) is 2.17. The average molecular weight is 250 g/mol. The summed E-state index contributed by atoms with van der Waals surface area (Å²) in [6.07, 6.45) is 6.30. The Morgan fingerprint density at radius 1 is 1.40 bits per heavy atom. The van der Waals surface area contributed by atoms with Crippen molar-refractivity contribution in [3.8, 4) is 0 Å². The maximum Gasteiger partial charge on any atom is 0.0637 e. The van der Waals surface area contributed by atoms with Crippen LogP contribution in [-0.2, 0) is 0 Å². The Labute approximate surface area is 102 Å². The van der Waals surface area contributed by atoms with E-state index in [0.29, 0.717) is 5.02 Å². The van der Waals surface area contributed by atoms with Gasteiger partial charge in [-0.2, -0.15) is 0 Å². The van der Waals surface area contributed by atoms with E-state index in [-0.39, 0.29) is 18.4 Å². The van der Waals surface area contributed by atoms with E-state index in [9.17, 15) is 0 Å².